The Bertz CT molecular complexity index is 393. The Morgan fingerprint density at radius 3 is 2.65 bits per heavy atom. The van der Waals surface area contributed by atoms with Gasteiger partial charge in [0.2, 0.25) is 5.91 Å². The molecule has 3 heteroatoms. The van der Waals surface area contributed by atoms with Crippen molar-refractivity contribution in [3.63, 3.8) is 0 Å². The number of hydrogen-bond donors (Lipinski definition) is 1. The van der Waals surface area contributed by atoms with Crippen LogP contribution in [-0.4, -0.2) is 11.7 Å². The average Bonchev–Trinajstić information content (AvgIpc) is 2.93. The van der Waals surface area contributed by atoms with Crippen LogP contribution in [0.15, 0.2) is 11.8 Å². The van der Waals surface area contributed by atoms with Gasteiger partial charge in [0.1, 0.15) is 5.78 Å². The number of Topliss-reactive ketones (excluding diaryl/α,β-unsaturated/α-hetero) is 1. The molecule has 3 nitrogen and oxygen atoms in total. The number of amides is 1. The minimum absolute atomic E-state index is 0.0637. The number of nitrogens with one attached hydrogen (secondary N) is 1. The molecule has 3 aliphatic carbocycles. The highest BCUT2D eigenvalue weighted by Crippen LogP contribution is 2.55. The molecule has 92 valence electrons. The third-order valence-corrected chi connectivity index (χ3v) is 4.56. The standard InChI is InChI=1S/C14H19NO2/c16-12-2-1-10(9-12)13(17)15-11-3-5-14(6-4-11)7-8-14/h3,10H,1-2,4-9H2,(H,15,17). The molecule has 0 aliphatic heterocycles. The van der Waals surface area contributed by atoms with E-state index < -0.39 is 0 Å². The van der Waals surface area contributed by atoms with Crippen molar-refractivity contribution in [1.82, 2.24) is 5.32 Å². The van der Waals surface area contributed by atoms with Crippen LogP contribution < -0.4 is 5.32 Å². The van der Waals surface area contributed by atoms with Crippen LogP contribution in [0.2, 0.25) is 0 Å². The van der Waals surface area contributed by atoms with Gasteiger partial charge < -0.3 is 5.32 Å². The van der Waals surface area contributed by atoms with E-state index in [0.29, 0.717) is 18.3 Å². The van der Waals surface area contributed by atoms with Crippen LogP contribution in [0.1, 0.15) is 51.4 Å². The van der Waals surface area contributed by atoms with Crippen LogP contribution in [0.3, 0.4) is 0 Å². The largest absolute Gasteiger partial charge is 0.330 e. The zero-order valence-electron chi connectivity index (χ0n) is 10.1. The monoisotopic (exact) mass is 233 g/mol. The predicted octanol–water partition coefficient (Wildman–Crippen LogP) is 2.32. The third-order valence-electron chi connectivity index (χ3n) is 4.56. The highest BCUT2D eigenvalue weighted by atomic mass is 16.2. The van der Waals surface area contributed by atoms with Crippen LogP contribution in [0.4, 0.5) is 0 Å². The summed E-state index contributed by atoms with van der Waals surface area (Å²) in [5.74, 6) is 0.230. The third kappa shape index (κ3) is 2.28. The summed E-state index contributed by atoms with van der Waals surface area (Å²) < 4.78 is 0. The number of carbonyl (C=O) groups excluding carboxylic acids is 2. The predicted molar refractivity (Wildman–Crippen MR) is 64.1 cm³/mol. The fourth-order valence-corrected chi connectivity index (χ4v) is 2.99. The van der Waals surface area contributed by atoms with Crippen molar-refractivity contribution >= 4 is 11.7 Å². The molecule has 0 aromatic carbocycles. The van der Waals surface area contributed by atoms with Gasteiger partial charge in [-0.3, -0.25) is 9.59 Å². The van der Waals surface area contributed by atoms with E-state index in [1.165, 1.54) is 19.3 Å². The summed E-state index contributed by atoms with van der Waals surface area (Å²) in [6, 6.07) is 0. The van der Waals surface area contributed by atoms with Crippen LogP contribution >= 0.6 is 0 Å². The minimum atomic E-state index is -0.0692. The van der Waals surface area contributed by atoms with Crippen LogP contribution in [0.5, 0.6) is 0 Å². The Kier molecular flexibility index (Phi) is 2.57. The number of allylic oxidation sites excluding steroid dienone is 2. The molecule has 0 saturated heterocycles. The molecule has 0 radical (unpaired) electrons. The first-order valence-electron chi connectivity index (χ1n) is 6.69. The van der Waals surface area contributed by atoms with E-state index in [2.05, 4.69) is 11.4 Å². The Labute approximate surface area is 102 Å². The lowest BCUT2D eigenvalue weighted by Crippen LogP contribution is -2.30. The Morgan fingerprint density at radius 1 is 1.29 bits per heavy atom. The molecule has 0 aromatic rings. The Morgan fingerprint density at radius 2 is 2.12 bits per heavy atom. The Balaban J connectivity index is 1.54. The minimum Gasteiger partial charge on any atom is -0.330 e. The topological polar surface area (TPSA) is 46.2 Å². The lowest BCUT2D eigenvalue weighted by atomic mass is 9.89. The molecule has 3 rings (SSSR count). The van der Waals surface area contributed by atoms with Crippen molar-refractivity contribution in [2.45, 2.75) is 51.4 Å². The number of ketones is 1. The molecule has 1 N–H and O–H groups in total. The molecule has 17 heavy (non-hydrogen) atoms. The van der Waals surface area contributed by atoms with E-state index in [-0.39, 0.29) is 17.6 Å². The molecule has 0 heterocycles. The van der Waals surface area contributed by atoms with Gasteiger partial charge in [0.05, 0.1) is 0 Å². The number of rotatable bonds is 2. The number of carbonyl (C=O) groups is 2. The second-order valence-electron chi connectivity index (χ2n) is 5.90. The van der Waals surface area contributed by atoms with Gasteiger partial charge in [-0.05, 0) is 43.9 Å². The van der Waals surface area contributed by atoms with Crippen molar-refractivity contribution < 1.29 is 9.59 Å². The summed E-state index contributed by atoms with van der Waals surface area (Å²) in [4.78, 5) is 23.1. The zero-order valence-corrected chi connectivity index (χ0v) is 10.1. The van der Waals surface area contributed by atoms with E-state index in [1.54, 1.807) is 0 Å². The first kappa shape index (κ1) is 11.0. The smallest absolute Gasteiger partial charge is 0.227 e. The number of hydrogen-bond acceptors (Lipinski definition) is 2. The summed E-state index contributed by atoms with van der Waals surface area (Å²) in [6.45, 7) is 0. The van der Waals surface area contributed by atoms with E-state index >= 15 is 0 Å². The van der Waals surface area contributed by atoms with Crippen molar-refractivity contribution in [3.05, 3.63) is 11.8 Å². The van der Waals surface area contributed by atoms with Gasteiger partial charge in [0.15, 0.2) is 0 Å². The molecular formula is C14H19NO2. The van der Waals surface area contributed by atoms with E-state index in [1.807, 2.05) is 0 Å². The second kappa shape index (κ2) is 3.97. The van der Waals surface area contributed by atoms with Crippen LogP contribution in [0.25, 0.3) is 0 Å². The lowest BCUT2D eigenvalue weighted by Gasteiger charge is -2.22. The maximum absolute atomic E-state index is 11.9. The van der Waals surface area contributed by atoms with Gasteiger partial charge in [0, 0.05) is 24.5 Å². The van der Waals surface area contributed by atoms with Gasteiger partial charge in [-0.25, -0.2) is 0 Å². The molecule has 0 bridgehead atoms. The summed E-state index contributed by atoms with van der Waals surface area (Å²) in [5, 5.41) is 3.02. The maximum atomic E-state index is 11.9. The van der Waals surface area contributed by atoms with Crippen molar-refractivity contribution in [2.24, 2.45) is 11.3 Å². The molecule has 1 amide bonds. The van der Waals surface area contributed by atoms with E-state index in [0.717, 1.165) is 25.0 Å². The molecule has 1 unspecified atom stereocenters. The second-order valence-corrected chi connectivity index (χ2v) is 5.90. The molecule has 0 aromatic heterocycles. The van der Waals surface area contributed by atoms with Crippen LogP contribution in [0, 0.1) is 11.3 Å². The first-order valence-corrected chi connectivity index (χ1v) is 6.69. The molecule has 1 spiro atoms. The van der Waals surface area contributed by atoms with Crippen LogP contribution in [-0.2, 0) is 9.59 Å². The van der Waals surface area contributed by atoms with Crippen molar-refractivity contribution in [1.29, 1.82) is 0 Å². The lowest BCUT2D eigenvalue weighted by molar-refractivity contribution is -0.126. The summed E-state index contributed by atoms with van der Waals surface area (Å²) >= 11 is 0. The Hall–Kier alpha value is -1.12. The van der Waals surface area contributed by atoms with E-state index in [9.17, 15) is 9.59 Å². The molecule has 2 fully saturated rings. The summed E-state index contributed by atoms with van der Waals surface area (Å²) in [5.41, 5.74) is 1.70. The van der Waals surface area contributed by atoms with Gasteiger partial charge >= 0.3 is 0 Å². The van der Waals surface area contributed by atoms with Gasteiger partial charge in [-0.1, -0.05) is 6.08 Å². The van der Waals surface area contributed by atoms with Crippen molar-refractivity contribution in [2.75, 3.05) is 0 Å². The molecular weight excluding hydrogens is 214 g/mol. The van der Waals surface area contributed by atoms with E-state index in [4.69, 9.17) is 0 Å². The maximum Gasteiger partial charge on any atom is 0.227 e. The fraction of sp³-hybridized carbons (Fsp3) is 0.714. The van der Waals surface area contributed by atoms with Crippen molar-refractivity contribution in [3.8, 4) is 0 Å². The average molecular weight is 233 g/mol. The highest BCUT2D eigenvalue weighted by molar-refractivity contribution is 5.90. The normalized spacial score (nSPS) is 30.2. The molecule has 3 aliphatic rings. The highest BCUT2D eigenvalue weighted by Gasteiger charge is 2.42. The SMILES string of the molecule is O=C1CCC(C(=O)NC2=CCC3(CC2)CC3)C1. The quantitative estimate of drug-likeness (QED) is 0.795. The first-order chi connectivity index (χ1) is 8.17. The molecule has 1 atom stereocenters. The van der Waals surface area contributed by atoms with Gasteiger partial charge in [0.25, 0.3) is 0 Å². The van der Waals surface area contributed by atoms with Gasteiger partial charge in [-0.2, -0.15) is 0 Å². The van der Waals surface area contributed by atoms with Gasteiger partial charge in [-0.15, -0.1) is 0 Å². The summed E-state index contributed by atoms with van der Waals surface area (Å²) in [7, 11) is 0. The fourth-order valence-electron chi connectivity index (χ4n) is 2.99. The molecule has 2 saturated carbocycles. The summed E-state index contributed by atoms with van der Waals surface area (Å²) in [6.07, 6.45) is 10.1. The zero-order chi connectivity index (χ0) is 11.9.